The number of rotatable bonds is 10. The molecular formula is C24H32O2Si. The maximum atomic E-state index is 6.91. The first kappa shape index (κ1) is 21.4. The summed E-state index contributed by atoms with van der Waals surface area (Å²) < 4.78 is 12.6. The summed E-state index contributed by atoms with van der Waals surface area (Å²) in [5, 5.41) is 2.56. The predicted octanol–water partition coefficient (Wildman–Crippen LogP) is 4.57. The fraction of sp³-hybridized carbons (Fsp3) is 0.333. The lowest BCUT2D eigenvalue weighted by molar-refractivity contribution is 0.112. The Morgan fingerprint density at radius 2 is 1.41 bits per heavy atom. The monoisotopic (exact) mass is 380 g/mol. The Kier molecular flexibility index (Phi) is 7.78. The zero-order valence-electron chi connectivity index (χ0n) is 16.9. The van der Waals surface area contributed by atoms with E-state index in [-0.39, 0.29) is 11.0 Å². The van der Waals surface area contributed by atoms with Gasteiger partial charge in [0, 0.05) is 12.5 Å². The largest absolute Gasteiger partial charge is 0.407 e. The third kappa shape index (κ3) is 5.07. The van der Waals surface area contributed by atoms with E-state index in [9.17, 15) is 0 Å². The summed E-state index contributed by atoms with van der Waals surface area (Å²) in [6, 6.07) is 21.4. The molecule has 0 aliphatic carbocycles. The van der Waals surface area contributed by atoms with Gasteiger partial charge in [0.1, 0.15) is 0 Å². The van der Waals surface area contributed by atoms with Crippen molar-refractivity contribution in [3.05, 3.63) is 86.0 Å². The van der Waals surface area contributed by atoms with Crippen molar-refractivity contribution in [1.82, 2.24) is 0 Å². The van der Waals surface area contributed by atoms with Crippen molar-refractivity contribution < 1.29 is 9.16 Å². The van der Waals surface area contributed by atoms with Crippen LogP contribution in [0.15, 0.2) is 86.0 Å². The molecule has 2 aromatic rings. The Hall–Kier alpha value is -1.94. The molecule has 27 heavy (non-hydrogen) atoms. The first-order valence-electron chi connectivity index (χ1n) is 9.52. The molecule has 0 radical (unpaired) electrons. The highest BCUT2D eigenvalue weighted by Gasteiger charge is 2.50. The van der Waals surface area contributed by atoms with E-state index in [1.807, 2.05) is 6.08 Å². The summed E-state index contributed by atoms with van der Waals surface area (Å²) in [4.78, 5) is 0. The minimum atomic E-state index is -2.50. The van der Waals surface area contributed by atoms with Crippen molar-refractivity contribution in [2.45, 2.75) is 25.8 Å². The van der Waals surface area contributed by atoms with Crippen LogP contribution in [0.5, 0.6) is 0 Å². The van der Waals surface area contributed by atoms with Crippen LogP contribution in [0.1, 0.15) is 20.8 Å². The van der Waals surface area contributed by atoms with E-state index in [4.69, 9.17) is 9.16 Å². The van der Waals surface area contributed by atoms with Gasteiger partial charge < -0.3 is 9.16 Å². The van der Waals surface area contributed by atoms with Crippen LogP contribution in [0.3, 0.4) is 0 Å². The number of hydrogen-bond acceptors (Lipinski definition) is 2. The fourth-order valence-electron chi connectivity index (χ4n) is 3.48. The maximum Gasteiger partial charge on any atom is 0.261 e. The van der Waals surface area contributed by atoms with E-state index in [1.54, 1.807) is 6.08 Å². The van der Waals surface area contributed by atoms with E-state index in [2.05, 4.69) is 94.6 Å². The Morgan fingerprint density at radius 1 is 0.889 bits per heavy atom. The van der Waals surface area contributed by atoms with Crippen molar-refractivity contribution in [3.63, 3.8) is 0 Å². The van der Waals surface area contributed by atoms with E-state index >= 15 is 0 Å². The number of benzene rings is 2. The average Bonchev–Trinajstić information content (AvgIpc) is 2.67. The minimum absolute atomic E-state index is 0.0244. The van der Waals surface area contributed by atoms with E-state index < -0.39 is 8.32 Å². The van der Waals surface area contributed by atoms with Crippen LogP contribution in [-0.2, 0) is 9.16 Å². The van der Waals surface area contributed by atoms with Gasteiger partial charge in [-0.3, -0.25) is 0 Å². The second-order valence-electron chi connectivity index (χ2n) is 7.80. The third-order valence-electron chi connectivity index (χ3n) is 4.83. The molecule has 0 amide bonds. The van der Waals surface area contributed by atoms with Crippen molar-refractivity contribution >= 4 is 18.7 Å². The van der Waals surface area contributed by atoms with Crippen molar-refractivity contribution in [3.8, 4) is 0 Å². The standard InChI is InChI=1S/C24H32O2Si/c1-6-18-25-19-21(7-2)20-26-27(24(3,4)5,22-14-10-8-11-15-22)23-16-12-9-13-17-23/h6-17,21H,1-2,18-20H2,3-5H3/t21-/m1/s1. The minimum Gasteiger partial charge on any atom is -0.407 e. The summed E-state index contributed by atoms with van der Waals surface area (Å²) in [5.41, 5.74) is 0. The van der Waals surface area contributed by atoms with Crippen LogP contribution in [-0.4, -0.2) is 28.1 Å². The van der Waals surface area contributed by atoms with Gasteiger partial charge in [-0.1, -0.05) is 93.6 Å². The molecule has 0 aliphatic rings. The van der Waals surface area contributed by atoms with Crippen LogP contribution in [0, 0.1) is 5.92 Å². The van der Waals surface area contributed by atoms with E-state index in [0.29, 0.717) is 19.8 Å². The van der Waals surface area contributed by atoms with Gasteiger partial charge in [0.2, 0.25) is 0 Å². The molecule has 2 nitrogen and oxygen atoms in total. The molecule has 0 fully saturated rings. The molecule has 144 valence electrons. The highest BCUT2D eigenvalue weighted by molar-refractivity contribution is 6.99. The van der Waals surface area contributed by atoms with E-state index in [1.165, 1.54) is 10.4 Å². The fourth-order valence-corrected chi connectivity index (χ4v) is 8.10. The second kappa shape index (κ2) is 9.84. The molecule has 2 aromatic carbocycles. The molecule has 0 aromatic heterocycles. The lowest BCUT2D eigenvalue weighted by atomic mass is 10.2. The summed E-state index contributed by atoms with van der Waals surface area (Å²) >= 11 is 0. The molecule has 0 aliphatic heterocycles. The first-order valence-corrected chi connectivity index (χ1v) is 11.4. The van der Waals surface area contributed by atoms with Gasteiger partial charge in [0.05, 0.1) is 13.2 Å². The Bertz CT molecular complexity index is 665. The maximum absolute atomic E-state index is 6.91. The molecule has 1 atom stereocenters. The van der Waals surface area contributed by atoms with Gasteiger partial charge in [-0.2, -0.15) is 0 Å². The van der Waals surface area contributed by atoms with Gasteiger partial charge in [0.25, 0.3) is 8.32 Å². The van der Waals surface area contributed by atoms with Crippen LogP contribution < -0.4 is 10.4 Å². The lowest BCUT2D eigenvalue weighted by Crippen LogP contribution is -2.67. The molecule has 0 unspecified atom stereocenters. The summed E-state index contributed by atoms with van der Waals surface area (Å²) in [6.45, 7) is 16.3. The Morgan fingerprint density at radius 3 is 1.81 bits per heavy atom. The van der Waals surface area contributed by atoms with Gasteiger partial charge in [-0.15, -0.1) is 13.2 Å². The lowest BCUT2D eigenvalue weighted by Gasteiger charge is -2.43. The Balaban J connectivity index is 2.43. The zero-order chi connectivity index (χ0) is 19.8. The van der Waals surface area contributed by atoms with Gasteiger partial charge >= 0.3 is 0 Å². The topological polar surface area (TPSA) is 18.5 Å². The molecule has 0 spiro atoms. The van der Waals surface area contributed by atoms with Crippen LogP contribution in [0.2, 0.25) is 5.04 Å². The van der Waals surface area contributed by atoms with Crippen LogP contribution >= 0.6 is 0 Å². The summed E-state index contributed by atoms with van der Waals surface area (Å²) in [6.07, 6.45) is 3.70. The highest BCUT2D eigenvalue weighted by atomic mass is 28.4. The second-order valence-corrected chi connectivity index (χ2v) is 12.1. The first-order chi connectivity index (χ1) is 13.0. The molecule has 0 saturated heterocycles. The molecule has 3 heteroatoms. The smallest absolute Gasteiger partial charge is 0.261 e. The van der Waals surface area contributed by atoms with Crippen LogP contribution in [0.4, 0.5) is 0 Å². The van der Waals surface area contributed by atoms with E-state index in [0.717, 1.165) is 0 Å². The highest BCUT2D eigenvalue weighted by Crippen LogP contribution is 2.37. The predicted molar refractivity (Wildman–Crippen MR) is 118 cm³/mol. The molecule has 0 bridgehead atoms. The average molecular weight is 381 g/mol. The van der Waals surface area contributed by atoms with Gasteiger partial charge in [-0.25, -0.2) is 0 Å². The van der Waals surface area contributed by atoms with Crippen molar-refractivity contribution in [2.24, 2.45) is 5.92 Å². The summed E-state index contributed by atoms with van der Waals surface area (Å²) in [7, 11) is -2.50. The molecular weight excluding hydrogens is 348 g/mol. The van der Waals surface area contributed by atoms with Gasteiger partial charge in [0.15, 0.2) is 0 Å². The Labute approximate surface area is 165 Å². The molecule has 0 saturated carbocycles. The molecule has 0 N–H and O–H groups in total. The van der Waals surface area contributed by atoms with Crippen molar-refractivity contribution in [1.29, 1.82) is 0 Å². The molecule has 2 rings (SSSR count). The number of hydrogen-bond donors (Lipinski definition) is 0. The SMILES string of the molecule is C=CCOC[C@@H](C=C)CO[Si](c1ccccc1)(c1ccccc1)C(C)(C)C. The normalized spacial score (nSPS) is 13.1. The third-order valence-corrected chi connectivity index (χ3v) is 9.84. The van der Waals surface area contributed by atoms with Crippen LogP contribution in [0.25, 0.3) is 0 Å². The molecule has 0 heterocycles. The van der Waals surface area contributed by atoms with Crippen molar-refractivity contribution in [2.75, 3.05) is 19.8 Å². The summed E-state index contributed by atoms with van der Waals surface area (Å²) in [5.74, 6) is 0.145. The zero-order valence-corrected chi connectivity index (χ0v) is 17.9. The quantitative estimate of drug-likeness (QED) is 0.341. The van der Waals surface area contributed by atoms with Gasteiger partial charge in [-0.05, 0) is 15.4 Å². The number of ether oxygens (including phenoxy) is 1.